The fraction of sp³-hybridized carbons (Fsp3) is 0.261. The fourth-order valence-electron chi connectivity index (χ4n) is 3.71. The van der Waals surface area contributed by atoms with E-state index in [4.69, 9.17) is 11.6 Å². The Morgan fingerprint density at radius 3 is 2.24 bits per heavy atom. The van der Waals surface area contributed by atoms with E-state index in [2.05, 4.69) is 14.7 Å². The van der Waals surface area contributed by atoms with Crippen LogP contribution in [0.3, 0.4) is 0 Å². The zero-order valence-corrected chi connectivity index (χ0v) is 19.7. The lowest BCUT2D eigenvalue weighted by Gasteiger charge is -2.35. The van der Waals surface area contributed by atoms with E-state index in [0.717, 1.165) is 0 Å². The Labute approximate surface area is 202 Å². The molecule has 1 atom stereocenters. The van der Waals surface area contributed by atoms with E-state index in [0.29, 0.717) is 42.7 Å². The van der Waals surface area contributed by atoms with E-state index in [1.165, 1.54) is 48.5 Å². The number of halogens is 2. The average molecular weight is 504 g/mol. The summed E-state index contributed by atoms with van der Waals surface area (Å²) in [5.74, 6) is -0.0510. The van der Waals surface area contributed by atoms with Crippen LogP contribution in [0.25, 0.3) is 0 Å². The number of aromatic nitrogens is 2. The molecule has 178 valence electrons. The van der Waals surface area contributed by atoms with Crippen LogP contribution in [-0.2, 0) is 14.8 Å². The van der Waals surface area contributed by atoms with Crippen LogP contribution >= 0.6 is 11.6 Å². The van der Waals surface area contributed by atoms with Gasteiger partial charge in [0.1, 0.15) is 5.82 Å². The van der Waals surface area contributed by atoms with Crippen LogP contribution in [-0.4, -0.2) is 55.4 Å². The number of nitrogens with one attached hydrogen (secondary N) is 1. The first kappa shape index (κ1) is 24.1. The molecule has 2 aromatic carbocycles. The molecule has 0 bridgehead atoms. The van der Waals surface area contributed by atoms with Gasteiger partial charge in [0.2, 0.25) is 21.9 Å². The largest absolute Gasteiger partial charge is 0.339 e. The molecule has 0 spiro atoms. The third-order valence-electron chi connectivity index (χ3n) is 5.54. The second-order valence-electron chi connectivity index (χ2n) is 7.80. The topological polar surface area (TPSA) is 95.5 Å². The second kappa shape index (κ2) is 10.5. The quantitative estimate of drug-likeness (QED) is 0.532. The molecule has 0 aliphatic carbocycles. The average Bonchev–Trinajstić information content (AvgIpc) is 2.85. The van der Waals surface area contributed by atoms with E-state index >= 15 is 0 Å². The van der Waals surface area contributed by atoms with Crippen molar-refractivity contribution in [3.63, 3.8) is 0 Å². The SMILES string of the molecule is O=C(CC(NS(=O)(=O)c1ccc(Cl)cc1)c1ccc(F)cc1)N1CCN(c2ncccn2)CC1. The first-order valence-corrected chi connectivity index (χ1v) is 12.5. The predicted octanol–water partition coefficient (Wildman–Crippen LogP) is 3.03. The van der Waals surface area contributed by atoms with Crippen LogP contribution in [0.15, 0.2) is 71.9 Å². The van der Waals surface area contributed by atoms with Crippen molar-refractivity contribution >= 4 is 33.5 Å². The van der Waals surface area contributed by atoms with Crippen LogP contribution in [0.5, 0.6) is 0 Å². The molecule has 8 nitrogen and oxygen atoms in total. The fourth-order valence-corrected chi connectivity index (χ4v) is 5.06. The molecule has 4 rings (SSSR count). The lowest BCUT2D eigenvalue weighted by molar-refractivity contribution is -0.132. The van der Waals surface area contributed by atoms with Crippen molar-refractivity contribution in [3.05, 3.63) is 83.4 Å². The third kappa shape index (κ3) is 5.88. The first-order valence-electron chi connectivity index (χ1n) is 10.6. The number of benzene rings is 2. The van der Waals surface area contributed by atoms with Crippen LogP contribution in [0, 0.1) is 5.82 Å². The standard InChI is InChI=1S/C23H23ClFN5O3S/c24-18-4-8-20(9-5-18)34(32,33)28-21(17-2-6-19(25)7-3-17)16-22(31)29-12-14-30(15-13-29)23-26-10-1-11-27-23/h1-11,21,28H,12-16H2. The van der Waals surface area contributed by atoms with Crippen molar-refractivity contribution < 1.29 is 17.6 Å². The Bertz CT molecular complexity index is 1220. The van der Waals surface area contributed by atoms with Gasteiger partial charge in [0.05, 0.1) is 10.9 Å². The first-order chi connectivity index (χ1) is 16.3. The summed E-state index contributed by atoms with van der Waals surface area (Å²) >= 11 is 5.87. The van der Waals surface area contributed by atoms with Crippen molar-refractivity contribution in [2.24, 2.45) is 0 Å². The van der Waals surface area contributed by atoms with E-state index < -0.39 is 21.9 Å². The molecule has 2 heterocycles. The Hall–Kier alpha value is -3.08. The summed E-state index contributed by atoms with van der Waals surface area (Å²) in [7, 11) is -3.95. The van der Waals surface area contributed by atoms with Gasteiger partial charge in [0, 0.05) is 50.0 Å². The van der Waals surface area contributed by atoms with Crippen LogP contribution in [0.1, 0.15) is 18.0 Å². The van der Waals surface area contributed by atoms with E-state index in [9.17, 15) is 17.6 Å². The van der Waals surface area contributed by atoms with E-state index in [-0.39, 0.29) is 17.2 Å². The molecule has 1 saturated heterocycles. The summed E-state index contributed by atoms with van der Waals surface area (Å²) in [5, 5.41) is 0.407. The number of nitrogens with zero attached hydrogens (tertiary/aromatic N) is 4. The molecule has 1 aromatic heterocycles. The maximum atomic E-state index is 13.5. The Kier molecular flexibility index (Phi) is 7.40. The lowest BCUT2D eigenvalue weighted by Crippen LogP contribution is -2.50. The number of hydrogen-bond donors (Lipinski definition) is 1. The van der Waals surface area contributed by atoms with Crippen molar-refractivity contribution in [2.45, 2.75) is 17.4 Å². The number of sulfonamides is 1. The van der Waals surface area contributed by atoms with Crippen molar-refractivity contribution in [1.29, 1.82) is 0 Å². The predicted molar refractivity (Wildman–Crippen MR) is 126 cm³/mol. The molecule has 34 heavy (non-hydrogen) atoms. The van der Waals surface area contributed by atoms with Crippen LogP contribution < -0.4 is 9.62 Å². The molecule has 1 aliphatic rings. The highest BCUT2D eigenvalue weighted by Crippen LogP contribution is 2.23. The molecular weight excluding hydrogens is 481 g/mol. The van der Waals surface area contributed by atoms with Gasteiger partial charge in [-0.2, -0.15) is 0 Å². The Balaban J connectivity index is 1.48. The van der Waals surface area contributed by atoms with E-state index in [1.807, 2.05) is 4.90 Å². The van der Waals surface area contributed by atoms with Gasteiger partial charge in [-0.25, -0.2) is 27.5 Å². The molecule has 1 aliphatic heterocycles. The van der Waals surface area contributed by atoms with Crippen molar-refractivity contribution in [3.8, 4) is 0 Å². The van der Waals surface area contributed by atoms with Crippen LogP contribution in [0.2, 0.25) is 5.02 Å². The normalized spacial score (nSPS) is 15.2. The summed E-state index contributed by atoms with van der Waals surface area (Å²) in [4.78, 5) is 25.3. The van der Waals surface area contributed by atoms with Crippen molar-refractivity contribution in [1.82, 2.24) is 19.6 Å². The smallest absolute Gasteiger partial charge is 0.241 e. The highest BCUT2D eigenvalue weighted by atomic mass is 35.5. The Morgan fingerprint density at radius 1 is 1.00 bits per heavy atom. The number of piperazine rings is 1. The van der Waals surface area contributed by atoms with Gasteiger partial charge < -0.3 is 9.80 Å². The molecule has 1 amide bonds. The summed E-state index contributed by atoms with van der Waals surface area (Å²) in [6.07, 6.45) is 3.22. The molecule has 1 unspecified atom stereocenters. The molecule has 1 fully saturated rings. The zero-order chi connectivity index (χ0) is 24.1. The van der Waals surface area contributed by atoms with E-state index in [1.54, 1.807) is 23.4 Å². The molecule has 0 saturated carbocycles. The van der Waals surface area contributed by atoms with Crippen molar-refractivity contribution in [2.75, 3.05) is 31.1 Å². The molecule has 0 radical (unpaired) electrons. The van der Waals surface area contributed by atoms with Gasteiger partial charge in [-0.05, 0) is 48.0 Å². The minimum absolute atomic E-state index is 0.0212. The van der Waals surface area contributed by atoms with Gasteiger partial charge in [-0.1, -0.05) is 23.7 Å². The number of hydrogen-bond acceptors (Lipinski definition) is 6. The van der Waals surface area contributed by atoms with Gasteiger partial charge in [0.15, 0.2) is 0 Å². The third-order valence-corrected chi connectivity index (χ3v) is 7.28. The number of carbonyl (C=O) groups is 1. The highest BCUT2D eigenvalue weighted by Gasteiger charge is 2.28. The molecule has 11 heteroatoms. The second-order valence-corrected chi connectivity index (χ2v) is 9.95. The monoisotopic (exact) mass is 503 g/mol. The van der Waals surface area contributed by atoms with Gasteiger partial charge in [-0.3, -0.25) is 4.79 Å². The number of rotatable bonds is 7. The number of amides is 1. The maximum absolute atomic E-state index is 13.5. The van der Waals surface area contributed by atoms with Gasteiger partial charge >= 0.3 is 0 Å². The maximum Gasteiger partial charge on any atom is 0.241 e. The number of anilines is 1. The van der Waals surface area contributed by atoms with Gasteiger partial charge in [0.25, 0.3) is 0 Å². The minimum Gasteiger partial charge on any atom is -0.339 e. The summed E-state index contributed by atoms with van der Waals surface area (Å²) in [6.45, 7) is 2.04. The Morgan fingerprint density at radius 2 is 1.62 bits per heavy atom. The number of carbonyl (C=O) groups excluding carboxylic acids is 1. The highest BCUT2D eigenvalue weighted by molar-refractivity contribution is 7.89. The lowest BCUT2D eigenvalue weighted by atomic mass is 10.0. The molecule has 1 N–H and O–H groups in total. The molecule has 3 aromatic rings. The zero-order valence-electron chi connectivity index (χ0n) is 18.1. The summed E-state index contributed by atoms with van der Waals surface area (Å²) in [5.41, 5.74) is 0.489. The summed E-state index contributed by atoms with van der Waals surface area (Å²) < 4.78 is 42.0. The van der Waals surface area contributed by atoms with Crippen LogP contribution in [0.4, 0.5) is 10.3 Å². The summed E-state index contributed by atoms with van der Waals surface area (Å²) in [6, 6.07) is 12.0. The minimum atomic E-state index is -3.95. The molecular formula is C23H23ClFN5O3S. The van der Waals surface area contributed by atoms with Gasteiger partial charge in [-0.15, -0.1) is 0 Å².